The van der Waals surface area contributed by atoms with Gasteiger partial charge in [0.05, 0.1) is 11.7 Å². The van der Waals surface area contributed by atoms with Gasteiger partial charge in [-0.3, -0.25) is 5.32 Å². The summed E-state index contributed by atoms with van der Waals surface area (Å²) in [6, 6.07) is 12.5. The topological polar surface area (TPSA) is 28.2 Å². The smallest absolute Gasteiger partial charge is 0.130 e. The fourth-order valence-electron chi connectivity index (χ4n) is 2.58. The Morgan fingerprint density at radius 3 is 2.89 bits per heavy atom. The SMILES string of the molecule is CN(c1ccc2ccccc2n1)C1CCCCN1. The van der Waals surface area contributed by atoms with Crippen molar-refractivity contribution < 1.29 is 0 Å². The minimum atomic E-state index is 0.424. The molecule has 0 bridgehead atoms. The molecule has 1 aliphatic heterocycles. The third-order valence-electron chi connectivity index (χ3n) is 3.70. The van der Waals surface area contributed by atoms with Crippen LogP contribution in [0, 0.1) is 0 Å². The first-order chi connectivity index (χ1) is 8.84. The van der Waals surface area contributed by atoms with Gasteiger partial charge >= 0.3 is 0 Å². The molecule has 1 atom stereocenters. The first-order valence-corrected chi connectivity index (χ1v) is 6.66. The van der Waals surface area contributed by atoms with E-state index in [1.54, 1.807) is 0 Å². The van der Waals surface area contributed by atoms with Crippen LogP contribution in [0.1, 0.15) is 19.3 Å². The van der Waals surface area contributed by atoms with Crippen molar-refractivity contribution in [3.8, 4) is 0 Å². The number of aromatic nitrogens is 1. The maximum atomic E-state index is 4.74. The Kier molecular flexibility index (Phi) is 3.15. The molecule has 94 valence electrons. The molecular formula is C15H19N3. The number of benzene rings is 1. The molecule has 1 N–H and O–H groups in total. The highest BCUT2D eigenvalue weighted by Gasteiger charge is 2.18. The van der Waals surface area contributed by atoms with Gasteiger partial charge in [0.1, 0.15) is 5.82 Å². The van der Waals surface area contributed by atoms with Crippen molar-refractivity contribution in [1.82, 2.24) is 10.3 Å². The first-order valence-electron chi connectivity index (χ1n) is 6.66. The van der Waals surface area contributed by atoms with Gasteiger partial charge in [-0.25, -0.2) is 4.98 Å². The van der Waals surface area contributed by atoms with Gasteiger partial charge in [-0.1, -0.05) is 18.2 Å². The molecule has 1 aromatic heterocycles. The van der Waals surface area contributed by atoms with Crippen molar-refractivity contribution in [3.63, 3.8) is 0 Å². The fourth-order valence-corrected chi connectivity index (χ4v) is 2.58. The average Bonchev–Trinajstić information content (AvgIpc) is 2.47. The summed E-state index contributed by atoms with van der Waals surface area (Å²) in [5.74, 6) is 1.05. The Bertz CT molecular complexity index is 532. The second-order valence-corrected chi connectivity index (χ2v) is 4.94. The van der Waals surface area contributed by atoms with E-state index in [1.807, 2.05) is 6.07 Å². The van der Waals surface area contributed by atoms with Gasteiger partial charge in [0.2, 0.25) is 0 Å². The third kappa shape index (κ3) is 2.18. The summed E-state index contributed by atoms with van der Waals surface area (Å²) in [6.45, 7) is 1.11. The van der Waals surface area contributed by atoms with Gasteiger partial charge in [0, 0.05) is 12.4 Å². The van der Waals surface area contributed by atoms with Crippen molar-refractivity contribution in [2.75, 3.05) is 18.5 Å². The summed E-state index contributed by atoms with van der Waals surface area (Å²) in [7, 11) is 2.13. The van der Waals surface area contributed by atoms with Gasteiger partial charge < -0.3 is 4.90 Å². The zero-order chi connectivity index (χ0) is 12.4. The van der Waals surface area contributed by atoms with Crippen molar-refractivity contribution in [2.45, 2.75) is 25.4 Å². The zero-order valence-corrected chi connectivity index (χ0v) is 10.8. The molecule has 0 aliphatic carbocycles. The number of nitrogens with zero attached hydrogens (tertiary/aromatic N) is 2. The van der Waals surface area contributed by atoms with Crippen molar-refractivity contribution in [2.24, 2.45) is 0 Å². The van der Waals surface area contributed by atoms with E-state index >= 15 is 0 Å². The second-order valence-electron chi connectivity index (χ2n) is 4.94. The molecular weight excluding hydrogens is 222 g/mol. The van der Waals surface area contributed by atoms with Gasteiger partial charge in [0.15, 0.2) is 0 Å². The minimum Gasteiger partial charge on any atom is -0.344 e. The van der Waals surface area contributed by atoms with Gasteiger partial charge in [-0.05, 0) is 44.0 Å². The molecule has 1 unspecified atom stereocenters. The summed E-state index contributed by atoms with van der Waals surface area (Å²) >= 11 is 0. The molecule has 2 heterocycles. The summed E-state index contributed by atoms with van der Waals surface area (Å²) < 4.78 is 0. The summed E-state index contributed by atoms with van der Waals surface area (Å²) in [5.41, 5.74) is 1.07. The quantitative estimate of drug-likeness (QED) is 0.876. The molecule has 0 amide bonds. The molecule has 1 saturated heterocycles. The van der Waals surface area contributed by atoms with Crippen LogP contribution >= 0.6 is 0 Å². The minimum absolute atomic E-state index is 0.424. The molecule has 3 heteroatoms. The molecule has 18 heavy (non-hydrogen) atoms. The van der Waals surface area contributed by atoms with E-state index < -0.39 is 0 Å². The van der Waals surface area contributed by atoms with Gasteiger partial charge in [-0.15, -0.1) is 0 Å². The van der Waals surface area contributed by atoms with Gasteiger partial charge in [-0.2, -0.15) is 0 Å². The van der Waals surface area contributed by atoms with Crippen LogP contribution in [0.2, 0.25) is 0 Å². The van der Waals surface area contributed by atoms with E-state index in [0.717, 1.165) is 17.9 Å². The highest BCUT2D eigenvalue weighted by atomic mass is 15.3. The standard InChI is InChI=1S/C15H19N3/c1-18(14-8-4-5-11-16-14)15-10-9-12-6-2-3-7-13(12)17-15/h2-3,6-7,9-10,14,16H,4-5,8,11H2,1H3. The Hall–Kier alpha value is -1.61. The van der Waals surface area contributed by atoms with E-state index in [0.29, 0.717) is 6.17 Å². The second kappa shape index (κ2) is 4.94. The van der Waals surface area contributed by atoms with Crippen LogP contribution in [0.4, 0.5) is 5.82 Å². The van der Waals surface area contributed by atoms with Crippen LogP contribution in [0.15, 0.2) is 36.4 Å². The Labute approximate surface area is 108 Å². The van der Waals surface area contributed by atoms with Crippen LogP contribution in [0.3, 0.4) is 0 Å². The Morgan fingerprint density at radius 2 is 2.06 bits per heavy atom. The molecule has 0 spiro atoms. The van der Waals surface area contributed by atoms with Crippen molar-refractivity contribution >= 4 is 16.7 Å². The first kappa shape index (κ1) is 11.5. The van der Waals surface area contributed by atoms with Crippen LogP contribution in [-0.4, -0.2) is 24.7 Å². The number of pyridine rings is 1. The van der Waals surface area contributed by atoms with Crippen LogP contribution < -0.4 is 10.2 Å². The number of fused-ring (bicyclic) bond motifs is 1. The number of anilines is 1. The molecule has 3 rings (SSSR count). The molecule has 1 fully saturated rings. The summed E-state index contributed by atoms with van der Waals surface area (Å²) in [5, 5.41) is 4.75. The van der Waals surface area contributed by atoms with Crippen LogP contribution in [0.5, 0.6) is 0 Å². The van der Waals surface area contributed by atoms with E-state index in [2.05, 4.69) is 47.6 Å². The Balaban J connectivity index is 1.88. The number of nitrogens with one attached hydrogen (secondary N) is 1. The fraction of sp³-hybridized carbons (Fsp3) is 0.400. The molecule has 0 saturated carbocycles. The lowest BCUT2D eigenvalue weighted by atomic mass is 10.1. The third-order valence-corrected chi connectivity index (χ3v) is 3.70. The average molecular weight is 241 g/mol. The maximum Gasteiger partial charge on any atom is 0.130 e. The van der Waals surface area contributed by atoms with E-state index in [4.69, 9.17) is 4.98 Å². The van der Waals surface area contributed by atoms with E-state index in [-0.39, 0.29) is 0 Å². The Morgan fingerprint density at radius 1 is 1.17 bits per heavy atom. The number of rotatable bonds is 2. The molecule has 1 aliphatic rings. The van der Waals surface area contributed by atoms with Crippen molar-refractivity contribution in [1.29, 1.82) is 0 Å². The van der Waals surface area contributed by atoms with Crippen molar-refractivity contribution in [3.05, 3.63) is 36.4 Å². The van der Waals surface area contributed by atoms with Crippen LogP contribution in [0.25, 0.3) is 10.9 Å². The monoisotopic (exact) mass is 241 g/mol. The number of para-hydroxylation sites is 1. The number of hydrogen-bond donors (Lipinski definition) is 1. The maximum absolute atomic E-state index is 4.74. The normalized spacial score (nSPS) is 19.9. The summed E-state index contributed by atoms with van der Waals surface area (Å²) in [4.78, 5) is 6.99. The predicted molar refractivity (Wildman–Crippen MR) is 75.8 cm³/mol. The lowest BCUT2D eigenvalue weighted by Crippen LogP contribution is -2.46. The summed E-state index contributed by atoms with van der Waals surface area (Å²) in [6.07, 6.45) is 4.21. The van der Waals surface area contributed by atoms with Crippen LogP contribution in [-0.2, 0) is 0 Å². The van der Waals surface area contributed by atoms with E-state index in [9.17, 15) is 0 Å². The highest BCUT2D eigenvalue weighted by molar-refractivity contribution is 5.80. The van der Waals surface area contributed by atoms with E-state index in [1.165, 1.54) is 24.6 Å². The largest absolute Gasteiger partial charge is 0.344 e. The lowest BCUT2D eigenvalue weighted by Gasteiger charge is -2.33. The number of piperidine rings is 1. The molecule has 1 aromatic carbocycles. The zero-order valence-electron chi connectivity index (χ0n) is 10.8. The lowest BCUT2D eigenvalue weighted by molar-refractivity contribution is 0.396. The molecule has 3 nitrogen and oxygen atoms in total. The highest BCUT2D eigenvalue weighted by Crippen LogP contribution is 2.20. The number of hydrogen-bond acceptors (Lipinski definition) is 3. The molecule has 2 aromatic rings. The predicted octanol–water partition coefficient (Wildman–Crippen LogP) is 2.77. The van der Waals surface area contributed by atoms with Gasteiger partial charge in [0.25, 0.3) is 0 Å². The molecule has 0 radical (unpaired) electrons.